The Bertz CT molecular complexity index is 763. The van der Waals surface area contributed by atoms with Gasteiger partial charge in [0, 0.05) is 12.7 Å². The lowest BCUT2D eigenvalue weighted by atomic mass is 10.2. The van der Waals surface area contributed by atoms with E-state index in [2.05, 4.69) is 5.32 Å². The predicted molar refractivity (Wildman–Crippen MR) is 99.4 cm³/mol. The summed E-state index contributed by atoms with van der Waals surface area (Å²) >= 11 is 11.7. The van der Waals surface area contributed by atoms with Gasteiger partial charge in [-0.2, -0.15) is 0 Å². The number of benzene rings is 2. The number of ether oxygens (including phenoxy) is 1. The lowest BCUT2D eigenvalue weighted by Crippen LogP contribution is -2.37. The molecular formula is C18H18Cl2N2O3. The van der Waals surface area contributed by atoms with Crippen LogP contribution >= 0.6 is 23.2 Å². The summed E-state index contributed by atoms with van der Waals surface area (Å²) in [7, 11) is 1.54. The monoisotopic (exact) mass is 380 g/mol. The summed E-state index contributed by atoms with van der Waals surface area (Å²) in [5, 5.41) is 3.40. The summed E-state index contributed by atoms with van der Waals surface area (Å²) in [4.78, 5) is 25.4. The van der Waals surface area contributed by atoms with Crippen molar-refractivity contribution < 1.29 is 14.3 Å². The van der Waals surface area contributed by atoms with Crippen LogP contribution in [-0.2, 0) is 9.59 Å². The highest BCUT2D eigenvalue weighted by atomic mass is 35.5. The SMILES string of the molecule is Cc1ccc(OCC(=O)N(C)CC(=O)Nc2ccc(Cl)c(Cl)c2)cc1. The average Bonchev–Trinajstić information content (AvgIpc) is 2.57. The first-order valence-corrected chi connectivity index (χ1v) is 8.29. The number of nitrogens with zero attached hydrogens (tertiary/aromatic N) is 1. The van der Waals surface area contributed by atoms with Crippen molar-refractivity contribution in [2.75, 3.05) is 25.5 Å². The number of nitrogens with one attached hydrogen (secondary N) is 1. The zero-order valence-electron chi connectivity index (χ0n) is 13.9. The molecule has 0 bridgehead atoms. The van der Waals surface area contributed by atoms with E-state index in [0.29, 0.717) is 21.5 Å². The van der Waals surface area contributed by atoms with Crippen LogP contribution in [0, 0.1) is 6.92 Å². The highest BCUT2D eigenvalue weighted by Crippen LogP contribution is 2.24. The molecule has 1 N–H and O–H groups in total. The number of carbonyl (C=O) groups excluding carboxylic acids is 2. The molecule has 0 aliphatic heterocycles. The number of likely N-dealkylation sites (N-methyl/N-ethyl adjacent to an activating group) is 1. The number of carbonyl (C=O) groups is 2. The molecule has 25 heavy (non-hydrogen) atoms. The van der Waals surface area contributed by atoms with Crippen molar-refractivity contribution in [1.82, 2.24) is 4.90 Å². The molecule has 2 amide bonds. The van der Waals surface area contributed by atoms with E-state index >= 15 is 0 Å². The number of amides is 2. The van der Waals surface area contributed by atoms with Crippen molar-refractivity contribution in [3.63, 3.8) is 0 Å². The summed E-state index contributed by atoms with van der Waals surface area (Å²) < 4.78 is 5.42. The average molecular weight is 381 g/mol. The number of hydrogen-bond donors (Lipinski definition) is 1. The standard InChI is InChI=1S/C18H18Cl2N2O3/c1-12-3-6-14(7-4-12)25-11-18(24)22(2)10-17(23)21-13-5-8-15(19)16(20)9-13/h3-9H,10-11H2,1-2H3,(H,21,23). The van der Waals surface area contributed by atoms with Gasteiger partial charge in [0.25, 0.3) is 5.91 Å². The van der Waals surface area contributed by atoms with Crippen molar-refractivity contribution in [2.45, 2.75) is 6.92 Å². The Labute approximate surface area is 156 Å². The quantitative estimate of drug-likeness (QED) is 0.829. The fourth-order valence-electron chi connectivity index (χ4n) is 1.97. The first-order valence-electron chi connectivity index (χ1n) is 7.53. The van der Waals surface area contributed by atoms with Crippen LogP contribution in [0.1, 0.15) is 5.56 Å². The van der Waals surface area contributed by atoms with Gasteiger partial charge in [-0.05, 0) is 37.3 Å². The molecule has 0 spiro atoms. The molecule has 5 nitrogen and oxygen atoms in total. The summed E-state index contributed by atoms with van der Waals surface area (Å²) in [5.41, 5.74) is 1.62. The number of hydrogen-bond acceptors (Lipinski definition) is 3. The van der Waals surface area contributed by atoms with Gasteiger partial charge in [0.1, 0.15) is 5.75 Å². The summed E-state index contributed by atoms with van der Waals surface area (Å²) in [5.74, 6) is -0.0398. The van der Waals surface area contributed by atoms with E-state index in [-0.39, 0.29) is 25.0 Å². The molecule has 0 unspecified atom stereocenters. The van der Waals surface area contributed by atoms with Gasteiger partial charge < -0.3 is 15.0 Å². The van der Waals surface area contributed by atoms with Crippen LogP contribution in [0.4, 0.5) is 5.69 Å². The molecule has 2 rings (SSSR count). The fraction of sp³-hybridized carbons (Fsp3) is 0.222. The van der Waals surface area contributed by atoms with E-state index in [0.717, 1.165) is 5.56 Å². The summed E-state index contributed by atoms with van der Waals surface area (Å²) in [6.07, 6.45) is 0. The molecule has 132 valence electrons. The molecule has 0 heterocycles. The molecule has 0 fully saturated rings. The zero-order valence-corrected chi connectivity index (χ0v) is 15.4. The van der Waals surface area contributed by atoms with Crippen LogP contribution in [0.15, 0.2) is 42.5 Å². The minimum atomic E-state index is -0.343. The third-order valence-electron chi connectivity index (χ3n) is 3.39. The number of halogens is 2. The highest BCUT2D eigenvalue weighted by molar-refractivity contribution is 6.42. The number of rotatable bonds is 6. The second-order valence-electron chi connectivity index (χ2n) is 5.53. The summed E-state index contributed by atoms with van der Waals surface area (Å²) in [6.45, 7) is 1.73. The van der Waals surface area contributed by atoms with Crippen molar-refractivity contribution in [3.05, 3.63) is 58.1 Å². The maximum absolute atomic E-state index is 12.1. The Morgan fingerprint density at radius 2 is 1.76 bits per heavy atom. The van der Waals surface area contributed by atoms with E-state index in [1.165, 1.54) is 11.9 Å². The van der Waals surface area contributed by atoms with Crippen LogP contribution in [0.2, 0.25) is 10.0 Å². The maximum atomic E-state index is 12.1. The fourth-order valence-corrected chi connectivity index (χ4v) is 2.27. The van der Waals surface area contributed by atoms with Crippen LogP contribution in [0.5, 0.6) is 5.75 Å². The van der Waals surface area contributed by atoms with Gasteiger partial charge in [-0.3, -0.25) is 9.59 Å². The van der Waals surface area contributed by atoms with Gasteiger partial charge in [0.15, 0.2) is 6.61 Å². The molecule has 2 aromatic rings. The second kappa shape index (κ2) is 8.74. The lowest BCUT2D eigenvalue weighted by molar-refractivity contribution is -0.135. The van der Waals surface area contributed by atoms with E-state index in [1.54, 1.807) is 30.3 Å². The molecule has 7 heteroatoms. The van der Waals surface area contributed by atoms with Crippen molar-refractivity contribution in [3.8, 4) is 5.75 Å². The van der Waals surface area contributed by atoms with Gasteiger partial charge in [0.2, 0.25) is 5.91 Å². The van der Waals surface area contributed by atoms with Gasteiger partial charge in [0.05, 0.1) is 16.6 Å². The van der Waals surface area contributed by atoms with Crippen molar-refractivity contribution in [2.24, 2.45) is 0 Å². The highest BCUT2D eigenvalue weighted by Gasteiger charge is 2.14. The third-order valence-corrected chi connectivity index (χ3v) is 4.13. The Hall–Kier alpha value is -2.24. The van der Waals surface area contributed by atoms with Gasteiger partial charge in [-0.1, -0.05) is 40.9 Å². The van der Waals surface area contributed by atoms with Crippen LogP contribution in [0.3, 0.4) is 0 Å². The van der Waals surface area contributed by atoms with E-state index in [9.17, 15) is 9.59 Å². The Morgan fingerprint density at radius 1 is 1.08 bits per heavy atom. The number of anilines is 1. The lowest BCUT2D eigenvalue weighted by Gasteiger charge is -2.17. The topological polar surface area (TPSA) is 58.6 Å². The van der Waals surface area contributed by atoms with Crippen LogP contribution in [-0.4, -0.2) is 36.9 Å². The summed E-state index contributed by atoms with van der Waals surface area (Å²) in [6, 6.07) is 12.1. The molecule has 0 atom stereocenters. The third kappa shape index (κ3) is 5.96. The molecule has 2 aromatic carbocycles. The molecule has 0 aliphatic carbocycles. The van der Waals surface area contributed by atoms with Crippen LogP contribution < -0.4 is 10.1 Å². The number of aryl methyl sites for hydroxylation is 1. The van der Waals surface area contributed by atoms with E-state index < -0.39 is 0 Å². The molecule has 0 radical (unpaired) electrons. The second-order valence-corrected chi connectivity index (χ2v) is 6.34. The maximum Gasteiger partial charge on any atom is 0.260 e. The minimum absolute atomic E-state index is 0.101. The largest absolute Gasteiger partial charge is 0.484 e. The van der Waals surface area contributed by atoms with Crippen LogP contribution in [0.25, 0.3) is 0 Å². The first-order chi connectivity index (χ1) is 11.8. The van der Waals surface area contributed by atoms with Gasteiger partial charge >= 0.3 is 0 Å². The van der Waals surface area contributed by atoms with Gasteiger partial charge in [-0.25, -0.2) is 0 Å². The van der Waals surface area contributed by atoms with E-state index in [4.69, 9.17) is 27.9 Å². The predicted octanol–water partition coefficient (Wildman–Crippen LogP) is 3.78. The van der Waals surface area contributed by atoms with E-state index in [1.807, 2.05) is 19.1 Å². The first kappa shape index (κ1) is 19.1. The molecule has 0 saturated heterocycles. The van der Waals surface area contributed by atoms with Gasteiger partial charge in [-0.15, -0.1) is 0 Å². The Balaban J connectivity index is 1.82. The van der Waals surface area contributed by atoms with Crippen molar-refractivity contribution >= 4 is 40.7 Å². The molecule has 0 saturated carbocycles. The molecule has 0 aromatic heterocycles. The Kier molecular flexibility index (Phi) is 6.67. The molecular weight excluding hydrogens is 363 g/mol. The molecule has 0 aliphatic rings. The normalized spacial score (nSPS) is 10.2. The minimum Gasteiger partial charge on any atom is -0.484 e. The zero-order chi connectivity index (χ0) is 18.4. The Morgan fingerprint density at radius 3 is 2.40 bits per heavy atom. The smallest absolute Gasteiger partial charge is 0.260 e. The van der Waals surface area contributed by atoms with Crippen molar-refractivity contribution in [1.29, 1.82) is 0 Å².